The predicted octanol–water partition coefficient (Wildman–Crippen LogP) is 5.59. The van der Waals surface area contributed by atoms with E-state index in [1.165, 1.54) is 0 Å². The van der Waals surface area contributed by atoms with Crippen LogP contribution in [0.4, 0.5) is 5.69 Å². The van der Waals surface area contributed by atoms with Crippen LogP contribution in [0.2, 0.25) is 10.0 Å². The maximum absolute atomic E-state index is 13.1. The fourth-order valence-corrected chi connectivity index (χ4v) is 3.71. The van der Waals surface area contributed by atoms with E-state index in [1.54, 1.807) is 12.1 Å². The molecule has 3 aromatic rings. The number of carbonyl (C=O) groups is 1. The number of anilines is 1. The third-order valence-corrected chi connectivity index (χ3v) is 5.27. The van der Waals surface area contributed by atoms with Gasteiger partial charge >= 0.3 is 0 Å². The lowest BCUT2D eigenvalue weighted by atomic mass is 10.0. The summed E-state index contributed by atoms with van der Waals surface area (Å²) in [6.45, 7) is 1.93. The Bertz CT molecular complexity index is 1010. The van der Waals surface area contributed by atoms with Crippen LogP contribution in [-0.4, -0.2) is 10.9 Å². The smallest absolute Gasteiger partial charge is 0.256 e. The number of amides is 1. The van der Waals surface area contributed by atoms with Gasteiger partial charge in [0.15, 0.2) is 0 Å². The zero-order chi connectivity index (χ0) is 17.6. The zero-order valence-electron chi connectivity index (χ0n) is 13.7. The van der Waals surface area contributed by atoms with E-state index in [0.717, 1.165) is 47.0 Å². The number of aryl methyl sites for hydroxylation is 2. The molecule has 1 amide bonds. The number of hydrogen-bond acceptors (Lipinski definition) is 2. The highest BCUT2D eigenvalue weighted by Gasteiger charge is 2.24. The molecule has 1 aromatic heterocycles. The minimum atomic E-state index is -0.146. The molecule has 2 aromatic carbocycles. The summed E-state index contributed by atoms with van der Waals surface area (Å²) < 4.78 is 0. The average molecular weight is 371 g/mol. The molecule has 0 radical (unpaired) electrons. The van der Waals surface area contributed by atoms with Crippen LogP contribution in [0.25, 0.3) is 10.9 Å². The summed E-state index contributed by atoms with van der Waals surface area (Å²) in [6, 6.07) is 11.0. The summed E-state index contributed by atoms with van der Waals surface area (Å²) in [7, 11) is 0. The number of nitrogens with one attached hydrogen (secondary N) is 1. The number of nitrogens with zero attached hydrogens (tertiary/aromatic N) is 1. The van der Waals surface area contributed by atoms with Crippen LogP contribution in [-0.2, 0) is 12.8 Å². The minimum Gasteiger partial charge on any atom is -0.322 e. The second-order valence-corrected chi connectivity index (χ2v) is 7.19. The van der Waals surface area contributed by atoms with Gasteiger partial charge in [0.1, 0.15) is 0 Å². The van der Waals surface area contributed by atoms with Crippen molar-refractivity contribution in [1.82, 2.24) is 4.98 Å². The van der Waals surface area contributed by atoms with Crippen LogP contribution < -0.4 is 5.32 Å². The van der Waals surface area contributed by atoms with Gasteiger partial charge in [-0.1, -0.05) is 29.3 Å². The fourth-order valence-electron chi connectivity index (χ4n) is 3.36. The lowest BCUT2D eigenvalue weighted by molar-refractivity contribution is 0.102. The molecule has 0 unspecified atom stereocenters. The Labute approximate surface area is 156 Å². The highest BCUT2D eigenvalue weighted by Crippen LogP contribution is 2.32. The number of hydrogen-bond donors (Lipinski definition) is 1. The van der Waals surface area contributed by atoms with Gasteiger partial charge in [-0.3, -0.25) is 9.78 Å². The van der Waals surface area contributed by atoms with Gasteiger partial charge in [-0.25, -0.2) is 0 Å². The predicted molar refractivity (Wildman–Crippen MR) is 103 cm³/mol. The highest BCUT2D eigenvalue weighted by molar-refractivity contribution is 6.32. The molecule has 0 saturated heterocycles. The van der Waals surface area contributed by atoms with Crippen molar-refractivity contribution in [3.05, 3.63) is 68.8 Å². The van der Waals surface area contributed by atoms with Crippen molar-refractivity contribution < 1.29 is 4.79 Å². The molecular weight excluding hydrogens is 355 g/mol. The first-order valence-electron chi connectivity index (χ1n) is 8.21. The molecule has 3 nitrogen and oxygen atoms in total. The van der Waals surface area contributed by atoms with Crippen LogP contribution in [0.5, 0.6) is 0 Å². The largest absolute Gasteiger partial charge is 0.322 e. The standard InChI is InChI=1S/C20H16Cl2N2O/c1-11-5-7-13(10-16(11)22)23-20(25)19-14-3-2-4-17(14)24-18-8-6-12(21)9-15(18)19/h5-10H,2-4H2,1H3,(H,23,25). The summed E-state index contributed by atoms with van der Waals surface area (Å²) in [5, 5.41) is 5.00. The second kappa shape index (κ2) is 6.32. The maximum Gasteiger partial charge on any atom is 0.256 e. The molecule has 0 atom stereocenters. The number of halogens is 2. The number of benzene rings is 2. The number of rotatable bonds is 2. The van der Waals surface area contributed by atoms with E-state index in [1.807, 2.05) is 31.2 Å². The van der Waals surface area contributed by atoms with Crippen molar-refractivity contribution in [2.45, 2.75) is 26.2 Å². The Morgan fingerprint density at radius 2 is 1.96 bits per heavy atom. The van der Waals surface area contributed by atoms with Crippen molar-refractivity contribution in [1.29, 1.82) is 0 Å². The van der Waals surface area contributed by atoms with Crippen molar-refractivity contribution in [2.75, 3.05) is 5.32 Å². The molecule has 126 valence electrons. The van der Waals surface area contributed by atoms with Crippen LogP contribution in [0, 0.1) is 6.92 Å². The molecule has 0 aliphatic heterocycles. The Kier molecular flexibility index (Phi) is 4.14. The summed E-state index contributed by atoms with van der Waals surface area (Å²) in [5.41, 5.74) is 5.18. The van der Waals surface area contributed by atoms with Gasteiger partial charge in [0.25, 0.3) is 5.91 Å². The van der Waals surface area contributed by atoms with Gasteiger partial charge in [0.05, 0.1) is 11.1 Å². The van der Waals surface area contributed by atoms with E-state index in [0.29, 0.717) is 21.3 Å². The lowest BCUT2D eigenvalue weighted by Gasteiger charge is -2.13. The first kappa shape index (κ1) is 16.4. The highest BCUT2D eigenvalue weighted by atomic mass is 35.5. The molecule has 0 bridgehead atoms. The maximum atomic E-state index is 13.1. The van der Waals surface area contributed by atoms with Gasteiger partial charge in [-0.15, -0.1) is 0 Å². The fraction of sp³-hybridized carbons (Fsp3) is 0.200. The van der Waals surface area contributed by atoms with E-state index in [-0.39, 0.29) is 5.91 Å². The van der Waals surface area contributed by atoms with Crippen LogP contribution >= 0.6 is 23.2 Å². The summed E-state index contributed by atoms with van der Waals surface area (Å²) in [5.74, 6) is -0.146. The number of aromatic nitrogens is 1. The number of carbonyl (C=O) groups excluding carboxylic acids is 1. The van der Waals surface area contributed by atoms with Crippen molar-refractivity contribution >= 4 is 45.7 Å². The van der Waals surface area contributed by atoms with Gasteiger partial charge < -0.3 is 5.32 Å². The number of fused-ring (bicyclic) bond motifs is 2. The molecule has 0 spiro atoms. The summed E-state index contributed by atoms with van der Waals surface area (Å²) in [6.07, 6.45) is 2.79. The quantitative estimate of drug-likeness (QED) is 0.638. The molecule has 1 aliphatic carbocycles. The summed E-state index contributed by atoms with van der Waals surface area (Å²) in [4.78, 5) is 17.8. The molecule has 1 N–H and O–H groups in total. The summed E-state index contributed by atoms with van der Waals surface area (Å²) >= 11 is 12.3. The van der Waals surface area contributed by atoms with Gasteiger partial charge in [0.2, 0.25) is 0 Å². The normalized spacial score (nSPS) is 13.1. The van der Waals surface area contributed by atoms with Crippen molar-refractivity contribution in [3.8, 4) is 0 Å². The zero-order valence-corrected chi connectivity index (χ0v) is 15.2. The molecule has 0 fully saturated rings. The van der Waals surface area contributed by atoms with E-state index >= 15 is 0 Å². The van der Waals surface area contributed by atoms with Crippen LogP contribution in [0.1, 0.15) is 33.6 Å². The van der Waals surface area contributed by atoms with Crippen molar-refractivity contribution in [2.24, 2.45) is 0 Å². The van der Waals surface area contributed by atoms with Crippen LogP contribution in [0.3, 0.4) is 0 Å². The Hall–Kier alpha value is -2.10. The molecule has 1 heterocycles. The first-order chi connectivity index (χ1) is 12.0. The molecule has 0 saturated carbocycles. The lowest BCUT2D eigenvalue weighted by Crippen LogP contribution is -2.15. The number of pyridine rings is 1. The van der Waals surface area contributed by atoms with Crippen LogP contribution in [0.15, 0.2) is 36.4 Å². The third kappa shape index (κ3) is 2.99. The molecule has 4 rings (SSSR count). The third-order valence-electron chi connectivity index (χ3n) is 4.63. The second-order valence-electron chi connectivity index (χ2n) is 6.35. The Morgan fingerprint density at radius 1 is 1.12 bits per heavy atom. The molecule has 5 heteroatoms. The topological polar surface area (TPSA) is 42.0 Å². The molecule has 25 heavy (non-hydrogen) atoms. The average Bonchev–Trinajstić information content (AvgIpc) is 3.03. The van der Waals surface area contributed by atoms with Gasteiger partial charge in [-0.2, -0.15) is 0 Å². The monoisotopic (exact) mass is 370 g/mol. The minimum absolute atomic E-state index is 0.146. The Morgan fingerprint density at radius 3 is 2.76 bits per heavy atom. The van der Waals surface area contributed by atoms with E-state index < -0.39 is 0 Å². The molecular formula is C20H16Cl2N2O. The molecule has 1 aliphatic rings. The Balaban J connectivity index is 1.83. The van der Waals surface area contributed by atoms with Gasteiger partial charge in [-0.05, 0) is 67.6 Å². The van der Waals surface area contributed by atoms with Crippen molar-refractivity contribution in [3.63, 3.8) is 0 Å². The van der Waals surface area contributed by atoms with Gasteiger partial charge in [0, 0.05) is 26.8 Å². The van der Waals surface area contributed by atoms with E-state index in [2.05, 4.69) is 5.32 Å². The SMILES string of the molecule is Cc1ccc(NC(=O)c2c3c(nc4ccc(Cl)cc24)CCC3)cc1Cl. The van der Waals surface area contributed by atoms with E-state index in [4.69, 9.17) is 28.2 Å². The van der Waals surface area contributed by atoms with E-state index in [9.17, 15) is 4.79 Å². The first-order valence-corrected chi connectivity index (χ1v) is 8.97.